The summed E-state index contributed by atoms with van der Waals surface area (Å²) in [5, 5.41) is 7.02. The number of rotatable bonds is 2. The van der Waals surface area contributed by atoms with Crippen LogP contribution in [0.2, 0.25) is 5.02 Å². The first kappa shape index (κ1) is 13.0. The molecule has 3 aromatic rings. The first-order valence-corrected chi connectivity index (χ1v) is 6.64. The van der Waals surface area contributed by atoms with E-state index in [0.29, 0.717) is 16.3 Å². The van der Waals surface area contributed by atoms with Crippen molar-refractivity contribution >= 4 is 23.8 Å². The average molecular weight is 306 g/mol. The molecule has 3 rings (SSSR count). The predicted molar refractivity (Wildman–Crippen MR) is 79.2 cm³/mol. The molecule has 0 bridgehead atoms. The van der Waals surface area contributed by atoms with Gasteiger partial charge in [0.25, 0.3) is 0 Å². The standard InChI is InChI=1S/C14H9ClFN3S/c15-11-8-10(6-7-12(11)16)19-13(17-18-14(19)20)9-4-2-1-3-5-9/h1-8H,(H,18,20). The molecule has 0 amide bonds. The number of benzene rings is 2. The van der Waals surface area contributed by atoms with Crippen molar-refractivity contribution in [2.24, 2.45) is 0 Å². The zero-order valence-electron chi connectivity index (χ0n) is 10.2. The normalized spacial score (nSPS) is 10.7. The molecule has 0 aliphatic heterocycles. The molecule has 0 saturated heterocycles. The largest absolute Gasteiger partial charge is 0.268 e. The van der Waals surface area contributed by atoms with E-state index in [1.54, 1.807) is 10.6 Å². The van der Waals surface area contributed by atoms with E-state index in [1.807, 2.05) is 30.3 Å². The van der Waals surface area contributed by atoms with Gasteiger partial charge in [0.1, 0.15) is 5.82 Å². The van der Waals surface area contributed by atoms with Crippen molar-refractivity contribution in [3.8, 4) is 17.1 Å². The third kappa shape index (κ3) is 2.26. The van der Waals surface area contributed by atoms with E-state index >= 15 is 0 Å². The third-order valence-electron chi connectivity index (χ3n) is 2.87. The molecule has 0 saturated carbocycles. The second-order valence-corrected chi connectivity index (χ2v) is 4.95. The van der Waals surface area contributed by atoms with Gasteiger partial charge in [-0.2, -0.15) is 5.10 Å². The minimum Gasteiger partial charge on any atom is -0.268 e. The molecule has 0 fully saturated rings. The molecule has 100 valence electrons. The van der Waals surface area contributed by atoms with E-state index in [0.717, 1.165) is 5.56 Å². The first-order valence-electron chi connectivity index (χ1n) is 5.85. The highest BCUT2D eigenvalue weighted by Crippen LogP contribution is 2.24. The minimum absolute atomic E-state index is 0.0459. The molecule has 0 aliphatic rings. The van der Waals surface area contributed by atoms with Crippen molar-refractivity contribution in [2.75, 3.05) is 0 Å². The summed E-state index contributed by atoms with van der Waals surface area (Å²) < 4.78 is 15.4. The maximum Gasteiger partial charge on any atom is 0.200 e. The van der Waals surface area contributed by atoms with Gasteiger partial charge in [-0.3, -0.25) is 9.67 Å². The van der Waals surface area contributed by atoms with Crippen LogP contribution in [0.5, 0.6) is 0 Å². The van der Waals surface area contributed by atoms with Gasteiger partial charge in [0, 0.05) is 5.56 Å². The molecule has 2 aromatic carbocycles. The Balaban J connectivity index is 2.22. The van der Waals surface area contributed by atoms with Gasteiger partial charge in [-0.05, 0) is 30.4 Å². The van der Waals surface area contributed by atoms with Gasteiger partial charge in [0.15, 0.2) is 10.6 Å². The molecule has 1 aromatic heterocycles. The number of aromatic nitrogens is 3. The zero-order chi connectivity index (χ0) is 14.1. The number of aromatic amines is 1. The second kappa shape index (κ2) is 5.19. The highest BCUT2D eigenvalue weighted by Gasteiger charge is 2.11. The number of nitrogens with zero attached hydrogens (tertiary/aromatic N) is 2. The van der Waals surface area contributed by atoms with E-state index in [-0.39, 0.29) is 5.02 Å². The molecule has 0 spiro atoms. The van der Waals surface area contributed by atoms with Gasteiger partial charge < -0.3 is 0 Å². The number of hydrogen-bond acceptors (Lipinski definition) is 2. The molecule has 0 aliphatic carbocycles. The third-order valence-corrected chi connectivity index (χ3v) is 3.43. The highest BCUT2D eigenvalue weighted by molar-refractivity contribution is 7.71. The predicted octanol–water partition coefficient (Wildman–Crippen LogP) is 4.39. The highest BCUT2D eigenvalue weighted by atomic mass is 35.5. The van der Waals surface area contributed by atoms with Crippen molar-refractivity contribution in [1.29, 1.82) is 0 Å². The van der Waals surface area contributed by atoms with Crippen molar-refractivity contribution < 1.29 is 4.39 Å². The van der Waals surface area contributed by atoms with Gasteiger partial charge in [0.2, 0.25) is 0 Å². The van der Waals surface area contributed by atoms with Crippen LogP contribution < -0.4 is 0 Å². The Morgan fingerprint density at radius 2 is 1.90 bits per heavy atom. The van der Waals surface area contributed by atoms with Crippen LogP contribution in [0.15, 0.2) is 48.5 Å². The van der Waals surface area contributed by atoms with Crippen LogP contribution in [-0.4, -0.2) is 14.8 Å². The second-order valence-electron chi connectivity index (χ2n) is 4.15. The van der Waals surface area contributed by atoms with Crippen molar-refractivity contribution in [3.05, 3.63) is 64.1 Å². The van der Waals surface area contributed by atoms with Gasteiger partial charge >= 0.3 is 0 Å². The summed E-state index contributed by atoms with van der Waals surface area (Å²) in [4.78, 5) is 0. The molecule has 20 heavy (non-hydrogen) atoms. The summed E-state index contributed by atoms with van der Waals surface area (Å²) in [6, 6.07) is 14.0. The molecular formula is C14H9ClFN3S. The first-order chi connectivity index (χ1) is 9.66. The molecule has 0 radical (unpaired) electrons. The minimum atomic E-state index is -0.466. The summed E-state index contributed by atoms with van der Waals surface area (Å²) in [6.45, 7) is 0. The number of H-pyrrole nitrogens is 1. The fraction of sp³-hybridized carbons (Fsp3) is 0. The fourth-order valence-corrected chi connectivity index (χ4v) is 2.35. The number of nitrogens with one attached hydrogen (secondary N) is 1. The Hall–Kier alpha value is -1.98. The van der Waals surface area contributed by atoms with Crippen LogP contribution in [0.1, 0.15) is 0 Å². The van der Waals surface area contributed by atoms with Crippen LogP contribution >= 0.6 is 23.8 Å². The summed E-state index contributed by atoms with van der Waals surface area (Å²) in [6.07, 6.45) is 0. The van der Waals surface area contributed by atoms with Crippen LogP contribution in [0.4, 0.5) is 4.39 Å². The summed E-state index contributed by atoms with van der Waals surface area (Å²) in [5.41, 5.74) is 1.56. The molecule has 1 heterocycles. The Morgan fingerprint density at radius 1 is 1.15 bits per heavy atom. The Kier molecular flexibility index (Phi) is 3.38. The summed E-state index contributed by atoms with van der Waals surface area (Å²) in [5.74, 6) is 0.185. The molecule has 6 heteroatoms. The van der Waals surface area contributed by atoms with Crippen LogP contribution in [0, 0.1) is 10.6 Å². The smallest absolute Gasteiger partial charge is 0.200 e. The van der Waals surface area contributed by atoms with Gasteiger partial charge in [-0.25, -0.2) is 4.39 Å². The van der Waals surface area contributed by atoms with E-state index in [1.165, 1.54) is 12.1 Å². The van der Waals surface area contributed by atoms with E-state index in [2.05, 4.69) is 10.2 Å². The van der Waals surface area contributed by atoms with Crippen molar-refractivity contribution in [3.63, 3.8) is 0 Å². The van der Waals surface area contributed by atoms with Crippen LogP contribution in [0.3, 0.4) is 0 Å². The lowest BCUT2D eigenvalue weighted by Crippen LogP contribution is -1.98. The monoisotopic (exact) mass is 305 g/mol. The lowest BCUT2D eigenvalue weighted by molar-refractivity contribution is 0.628. The van der Waals surface area contributed by atoms with Crippen molar-refractivity contribution in [2.45, 2.75) is 0 Å². The van der Waals surface area contributed by atoms with E-state index < -0.39 is 5.82 Å². The molecule has 0 atom stereocenters. The number of halogens is 2. The van der Waals surface area contributed by atoms with Crippen molar-refractivity contribution in [1.82, 2.24) is 14.8 Å². The Morgan fingerprint density at radius 3 is 2.60 bits per heavy atom. The topological polar surface area (TPSA) is 33.6 Å². The lowest BCUT2D eigenvalue weighted by Gasteiger charge is -2.07. The number of hydrogen-bond donors (Lipinski definition) is 1. The molecule has 0 unspecified atom stereocenters. The molecule has 3 nitrogen and oxygen atoms in total. The Bertz CT molecular complexity index is 811. The Labute approximate surface area is 124 Å². The quantitative estimate of drug-likeness (QED) is 0.712. The van der Waals surface area contributed by atoms with Gasteiger partial charge in [-0.15, -0.1) is 0 Å². The van der Waals surface area contributed by atoms with Gasteiger partial charge in [0.05, 0.1) is 10.7 Å². The molecule has 1 N–H and O–H groups in total. The average Bonchev–Trinajstić information content (AvgIpc) is 2.85. The van der Waals surface area contributed by atoms with E-state index in [9.17, 15) is 4.39 Å². The molecular weight excluding hydrogens is 297 g/mol. The van der Waals surface area contributed by atoms with Gasteiger partial charge in [-0.1, -0.05) is 41.9 Å². The van der Waals surface area contributed by atoms with E-state index in [4.69, 9.17) is 23.8 Å². The summed E-state index contributed by atoms with van der Waals surface area (Å²) >= 11 is 11.1. The summed E-state index contributed by atoms with van der Waals surface area (Å²) in [7, 11) is 0. The lowest BCUT2D eigenvalue weighted by atomic mass is 10.2. The van der Waals surface area contributed by atoms with Crippen LogP contribution in [-0.2, 0) is 0 Å². The zero-order valence-corrected chi connectivity index (χ0v) is 11.7. The maximum atomic E-state index is 13.3. The van der Waals surface area contributed by atoms with Crippen LogP contribution in [0.25, 0.3) is 17.1 Å². The fourth-order valence-electron chi connectivity index (χ4n) is 1.94. The SMILES string of the molecule is Fc1ccc(-n2c(-c3ccccc3)n[nH]c2=S)cc1Cl. The maximum absolute atomic E-state index is 13.3.